The molecule has 0 amide bonds. The molecule has 21 heavy (non-hydrogen) atoms. The molecule has 112 valence electrons. The van der Waals surface area contributed by atoms with Crippen LogP contribution in [0, 0.1) is 11.8 Å². The summed E-state index contributed by atoms with van der Waals surface area (Å²) in [6, 6.07) is 1.88. The quantitative estimate of drug-likeness (QED) is 0.845. The summed E-state index contributed by atoms with van der Waals surface area (Å²) < 4.78 is 12.1. The topological polar surface area (TPSA) is 51.6 Å². The Morgan fingerprint density at radius 3 is 3.29 bits per heavy atom. The fourth-order valence-corrected chi connectivity index (χ4v) is 4.21. The van der Waals surface area contributed by atoms with Crippen molar-refractivity contribution in [1.82, 2.24) is 4.98 Å². The standard InChI is InChI=1S/C16H19NO3S/c18-5-1-2-13-8-15(11-17-10-13)20-14-3-6-19-16(9-14)4-7-21-12-16/h8,10-11,14,18H,3-7,9,12H2. The van der Waals surface area contributed by atoms with E-state index in [1.807, 2.05) is 17.8 Å². The summed E-state index contributed by atoms with van der Waals surface area (Å²) in [6.45, 7) is 0.619. The normalized spacial score (nSPS) is 28.1. The Balaban J connectivity index is 1.65. The van der Waals surface area contributed by atoms with Crippen LogP contribution in [0.2, 0.25) is 0 Å². The van der Waals surface area contributed by atoms with E-state index in [1.54, 1.807) is 12.4 Å². The molecule has 3 rings (SSSR count). The van der Waals surface area contributed by atoms with Crippen LogP contribution in [-0.4, -0.2) is 46.5 Å². The maximum atomic E-state index is 8.73. The Kier molecular flexibility index (Phi) is 4.69. The highest BCUT2D eigenvalue weighted by Gasteiger charge is 2.41. The van der Waals surface area contributed by atoms with Gasteiger partial charge in [-0.05, 0) is 18.2 Å². The summed E-state index contributed by atoms with van der Waals surface area (Å²) in [7, 11) is 0. The molecule has 2 saturated heterocycles. The van der Waals surface area contributed by atoms with E-state index in [4.69, 9.17) is 14.6 Å². The fourth-order valence-electron chi connectivity index (χ4n) is 2.83. The van der Waals surface area contributed by atoms with Gasteiger partial charge in [-0.3, -0.25) is 4.98 Å². The van der Waals surface area contributed by atoms with Crippen molar-refractivity contribution in [1.29, 1.82) is 0 Å². The Hall–Kier alpha value is -1.22. The zero-order valence-corrected chi connectivity index (χ0v) is 12.7. The predicted molar refractivity (Wildman–Crippen MR) is 82.5 cm³/mol. The number of rotatable bonds is 2. The van der Waals surface area contributed by atoms with Crippen LogP contribution in [0.5, 0.6) is 5.75 Å². The zero-order chi connectivity index (χ0) is 14.5. The number of aliphatic hydroxyl groups is 1. The molecule has 0 saturated carbocycles. The van der Waals surface area contributed by atoms with E-state index >= 15 is 0 Å². The minimum atomic E-state index is -0.148. The van der Waals surface area contributed by atoms with Gasteiger partial charge in [-0.1, -0.05) is 11.8 Å². The molecule has 0 aromatic carbocycles. The molecule has 0 radical (unpaired) electrons. The summed E-state index contributed by atoms with van der Waals surface area (Å²) >= 11 is 1.96. The van der Waals surface area contributed by atoms with Crippen molar-refractivity contribution >= 4 is 11.8 Å². The van der Waals surface area contributed by atoms with Crippen molar-refractivity contribution < 1.29 is 14.6 Å². The number of nitrogens with zero attached hydrogens (tertiary/aromatic N) is 1. The van der Waals surface area contributed by atoms with Crippen LogP contribution in [-0.2, 0) is 4.74 Å². The first-order valence-corrected chi connectivity index (χ1v) is 8.38. The number of hydrogen-bond acceptors (Lipinski definition) is 5. The number of aliphatic hydroxyl groups excluding tert-OH is 1. The molecule has 1 aromatic rings. The number of pyridine rings is 1. The van der Waals surface area contributed by atoms with Crippen LogP contribution in [0.1, 0.15) is 24.8 Å². The maximum absolute atomic E-state index is 8.73. The van der Waals surface area contributed by atoms with Crippen LogP contribution >= 0.6 is 11.8 Å². The number of aromatic nitrogens is 1. The second-order valence-electron chi connectivity index (χ2n) is 5.44. The third-order valence-electron chi connectivity index (χ3n) is 3.84. The van der Waals surface area contributed by atoms with Crippen molar-refractivity contribution in [2.45, 2.75) is 31.0 Å². The molecule has 2 fully saturated rings. The first-order valence-electron chi connectivity index (χ1n) is 7.23. The summed E-state index contributed by atoms with van der Waals surface area (Å²) in [4.78, 5) is 4.15. The molecular formula is C16H19NO3S. The zero-order valence-electron chi connectivity index (χ0n) is 11.9. The Bertz CT molecular complexity index is 546. The minimum Gasteiger partial charge on any atom is -0.489 e. The summed E-state index contributed by atoms with van der Waals surface area (Å²) in [5.41, 5.74) is 0.787. The van der Waals surface area contributed by atoms with E-state index in [2.05, 4.69) is 16.8 Å². The van der Waals surface area contributed by atoms with Gasteiger partial charge in [-0.2, -0.15) is 11.8 Å². The number of ether oxygens (including phenoxy) is 2. The van der Waals surface area contributed by atoms with Crippen molar-refractivity contribution in [3.8, 4) is 17.6 Å². The van der Waals surface area contributed by atoms with E-state index in [1.165, 1.54) is 5.75 Å². The lowest BCUT2D eigenvalue weighted by molar-refractivity contribution is -0.0959. The molecule has 1 N–H and O–H groups in total. The Labute approximate surface area is 129 Å². The van der Waals surface area contributed by atoms with Gasteiger partial charge in [0.25, 0.3) is 0 Å². The van der Waals surface area contributed by atoms with Gasteiger partial charge >= 0.3 is 0 Å². The highest BCUT2D eigenvalue weighted by atomic mass is 32.2. The summed E-state index contributed by atoms with van der Waals surface area (Å²) in [5.74, 6) is 8.47. The summed E-state index contributed by atoms with van der Waals surface area (Å²) in [5, 5.41) is 8.73. The van der Waals surface area contributed by atoms with Crippen LogP contribution in [0.3, 0.4) is 0 Å². The molecule has 1 aromatic heterocycles. The monoisotopic (exact) mass is 305 g/mol. The van der Waals surface area contributed by atoms with Gasteiger partial charge in [-0.15, -0.1) is 0 Å². The highest BCUT2D eigenvalue weighted by molar-refractivity contribution is 7.99. The fraction of sp³-hybridized carbons (Fsp3) is 0.562. The third kappa shape index (κ3) is 3.70. The largest absolute Gasteiger partial charge is 0.489 e. The van der Waals surface area contributed by atoms with Crippen LogP contribution in [0.25, 0.3) is 0 Å². The van der Waals surface area contributed by atoms with E-state index in [0.29, 0.717) is 0 Å². The average molecular weight is 305 g/mol. The van der Waals surface area contributed by atoms with Gasteiger partial charge in [0, 0.05) is 30.4 Å². The molecule has 1 spiro atoms. The van der Waals surface area contributed by atoms with Gasteiger partial charge in [0.2, 0.25) is 0 Å². The molecule has 2 unspecified atom stereocenters. The van der Waals surface area contributed by atoms with Crippen molar-refractivity contribution in [3.05, 3.63) is 24.0 Å². The molecule has 3 heterocycles. The lowest BCUT2D eigenvalue weighted by Gasteiger charge is -2.37. The smallest absolute Gasteiger partial charge is 0.139 e. The lowest BCUT2D eigenvalue weighted by Crippen LogP contribution is -2.43. The molecule has 5 heteroatoms. The molecule has 4 nitrogen and oxygen atoms in total. The van der Waals surface area contributed by atoms with Crippen molar-refractivity contribution in [3.63, 3.8) is 0 Å². The first-order chi connectivity index (χ1) is 10.3. The van der Waals surface area contributed by atoms with Gasteiger partial charge in [-0.25, -0.2) is 0 Å². The average Bonchev–Trinajstić information content (AvgIpc) is 2.93. The SMILES string of the molecule is OCC#Cc1cncc(OC2CCOC3(CCSC3)C2)c1. The Morgan fingerprint density at radius 2 is 2.48 bits per heavy atom. The van der Waals surface area contributed by atoms with Gasteiger partial charge in [0.05, 0.1) is 18.4 Å². The Morgan fingerprint density at radius 1 is 1.52 bits per heavy atom. The molecular weight excluding hydrogens is 286 g/mol. The molecule has 2 atom stereocenters. The second-order valence-corrected chi connectivity index (χ2v) is 6.54. The number of thioether (sulfide) groups is 1. The second kappa shape index (κ2) is 6.69. The first kappa shape index (κ1) is 14.7. The number of hydrogen-bond donors (Lipinski definition) is 1. The van der Waals surface area contributed by atoms with Crippen LogP contribution in [0.15, 0.2) is 18.5 Å². The predicted octanol–water partition coefficient (Wildman–Crippen LogP) is 1.86. The van der Waals surface area contributed by atoms with Gasteiger partial charge < -0.3 is 14.6 Å². The minimum absolute atomic E-state index is 0.0231. The van der Waals surface area contributed by atoms with Crippen molar-refractivity contribution in [2.24, 2.45) is 0 Å². The molecule has 2 aliphatic heterocycles. The van der Waals surface area contributed by atoms with E-state index in [-0.39, 0.29) is 18.3 Å². The lowest BCUT2D eigenvalue weighted by atomic mass is 9.91. The van der Waals surface area contributed by atoms with Crippen molar-refractivity contribution in [2.75, 3.05) is 24.7 Å². The van der Waals surface area contributed by atoms with Crippen LogP contribution in [0.4, 0.5) is 0 Å². The molecule has 0 bridgehead atoms. The van der Waals surface area contributed by atoms with E-state index in [0.717, 1.165) is 42.9 Å². The molecule has 2 aliphatic rings. The van der Waals surface area contributed by atoms with Gasteiger partial charge in [0.1, 0.15) is 18.5 Å². The third-order valence-corrected chi connectivity index (χ3v) is 5.07. The van der Waals surface area contributed by atoms with E-state index < -0.39 is 0 Å². The van der Waals surface area contributed by atoms with Gasteiger partial charge in [0.15, 0.2) is 0 Å². The van der Waals surface area contributed by atoms with E-state index in [9.17, 15) is 0 Å². The highest BCUT2D eigenvalue weighted by Crippen LogP contribution is 2.39. The summed E-state index contributed by atoms with van der Waals surface area (Å²) in [6.07, 6.45) is 6.56. The molecule has 0 aliphatic carbocycles. The maximum Gasteiger partial charge on any atom is 0.139 e. The van der Waals surface area contributed by atoms with Crippen LogP contribution < -0.4 is 4.74 Å².